The van der Waals surface area contributed by atoms with E-state index in [9.17, 15) is 12.8 Å². The van der Waals surface area contributed by atoms with Crippen molar-refractivity contribution < 1.29 is 12.8 Å². The Kier molecular flexibility index (Phi) is 6.77. The van der Waals surface area contributed by atoms with Crippen molar-refractivity contribution in [2.45, 2.75) is 51.6 Å². The van der Waals surface area contributed by atoms with Crippen LogP contribution in [0.3, 0.4) is 0 Å². The van der Waals surface area contributed by atoms with E-state index in [4.69, 9.17) is 0 Å². The lowest BCUT2D eigenvalue weighted by Crippen LogP contribution is -2.33. The van der Waals surface area contributed by atoms with Gasteiger partial charge in [0.25, 0.3) is 0 Å². The number of sulfonamides is 1. The van der Waals surface area contributed by atoms with Crippen molar-refractivity contribution in [1.29, 1.82) is 0 Å². The van der Waals surface area contributed by atoms with Crippen LogP contribution < -0.4 is 5.32 Å². The zero-order chi connectivity index (χ0) is 16.0. The lowest BCUT2D eigenvalue weighted by Gasteiger charge is -2.22. The molecule has 1 aromatic carbocycles. The Hall–Kier alpha value is -0.980. The standard InChI is InChI=1S/C15H25FN2O2S/c1-5-9-18(6-2)21(19,20)15-10-14(16)8-7-13(15)11-17-12(3)4/h7-8,10,12,17H,5-6,9,11H2,1-4H3. The molecule has 0 aliphatic heterocycles. The van der Waals surface area contributed by atoms with Gasteiger partial charge in [-0.05, 0) is 24.1 Å². The molecule has 0 aromatic heterocycles. The second-order valence-corrected chi connectivity index (χ2v) is 7.19. The summed E-state index contributed by atoms with van der Waals surface area (Å²) in [5.41, 5.74) is 0.597. The minimum Gasteiger partial charge on any atom is -0.310 e. The van der Waals surface area contributed by atoms with Crippen molar-refractivity contribution in [2.75, 3.05) is 13.1 Å². The van der Waals surface area contributed by atoms with Crippen LogP contribution in [0.5, 0.6) is 0 Å². The zero-order valence-electron chi connectivity index (χ0n) is 13.2. The number of halogens is 1. The van der Waals surface area contributed by atoms with E-state index in [0.717, 1.165) is 12.5 Å². The van der Waals surface area contributed by atoms with Crippen molar-refractivity contribution in [3.63, 3.8) is 0 Å². The molecule has 0 unspecified atom stereocenters. The second kappa shape index (κ2) is 7.87. The summed E-state index contributed by atoms with van der Waals surface area (Å²) in [6.45, 7) is 8.89. The Labute approximate surface area is 127 Å². The number of nitrogens with zero attached hydrogens (tertiary/aromatic N) is 1. The molecule has 6 heteroatoms. The van der Waals surface area contributed by atoms with E-state index in [1.54, 1.807) is 6.92 Å². The van der Waals surface area contributed by atoms with Gasteiger partial charge in [-0.2, -0.15) is 4.31 Å². The lowest BCUT2D eigenvalue weighted by atomic mass is 10.2. The molecule has 0 aliphatic carbocycles. The summed E-state index contributed by atoms with van der Waals surface area (Å²) in [4.78, 5) is 0.0611. The van der Waals surface area contributed by atoms with Gasteiger partial charge in [0.2, 0.25) is 10.0 Å². The summed E-state index contributed by atoms with van der Waals surface area (Å²) in [6, 6.07) is 4.18. The summed E-state index contributed by atoms with van der Waals surface area (Å²) in [7, 11) is -3.66. The van der Waals surface area contributed by atoms with E-state index in [1.165, 1.54) is 16.4 Å². The van der Waals surface area contributed by atoms with E-state index >= 15 is 0 Å². The maximum Gasteiger partial charge on any atom is 0.243 e. The monoisotopic (exact) mass is 316 g/mol. The fraction of sp³-hybridized carbons (Fsp3) is 0.600. The van der Waals surface area contributed by atoms with Crippen LogP contribution in [0.2, 0.25) is 0 Å². The highest BCUT2D eigenvalue weighted by Crippen LogP contribution is 2.22. The molecular formula is C15H25FN2O2S. The van der Waals surface area contributed by atoms with Crippen molar-refractivity contribution in [1.82, 2.24) is 9.62 Å². The van der Waals surface area contributed by atoms with E-state index in [-0.39, 0.29) is 10.9 Å². The molecule has 0 saturated heterocycles. The van der Waals surface area contributed by atoms with Crippen LogP contribution in [0.25, 0.3) is 0 Å². The Bertz CT molecular complexity index is 559. The highest BCUT2D eigenvalue weighted by atomic mass is 32.2. The molecule has 0 radical (unpaired) electrons. The Balaban J connectivity index is 3.22. The quantitative estimate of drug-likeness (QED) is 0.802. The summed E-state index contributed by atoms with van der Waals surface area (Å²) in [5, 5.41) is 3.18. The highest BCUT2D eigenvalue weighted by molar-refractivity contribution is 7.89. The van der Waals surface area contributed by atoms with Crippen LogP contribution in [-0.2, 0) is 16.6 Å². The highest BCUT2D eigenvalue weighted by Gasteiger charge is 2.25. The van der Waals surface area contributed by atoms with Crippen LogP contribution >= 0.6 is 0 Å². The molecule has 4 nitrogen and oxygen atoms in total. The van der Waals surface area contributed by atoms with Crippen LogP contribution in [0, 0.1) is 5.82 Å². The normalized spacial score (nSPS) is 12.3. The van der Waals surface area contributed by atoms with Gasteiger partial charge in [-0.15, -0.1) is 0 Å². The minimum absolute atomic E-state index is 0.0611. The second-order valence-electron chi connectivity index (χ2n) is 5.28. The number of rotatable bonds is 8. The van der Waals surface area contributed by atoms with Gasteiger partial charge in [0.1, 0.15) is 5.82 Å². The molecule has 0 heterocycles. The molecule has 21 heavy (non-hydrogen) atoms. The van der Waals surface area contributed by atoms with Gasteiger partial charge < -0.3 is 5.32 Å². The zero-order valence-corrected chi connectivity index (χ0v) is 14.0. The molecule has 1 aromatic rings. The van der Waals surface area contributed by atoms with Crippen molar-refractivity contribution in [2.24, 2.45) is 0 Å². The molecule has 1 N–H and O–H groups in total. The average molecular weight is 316 g/mol. The molecule has 0 amide bonds. The average Bonchev–Trinajstić information content (AvgIpc) is 2.42. The lowest BCUT2D eigenvalue weighted by molar-refractivity contribution is 0.425. The predicted octanol–water partition coefficient (Wildman–Crippen LogP) is 2.74. The Morgan fingerprint density at radius 2 is 1.95 bits per heavy atom. The van der Waals surface area contributed by atoms with Gasteiger partial charge >= 0.3 is 0 Å². The van der Waals surface area contributed by atoms with Crippen molar-refractivity contribution in [3.8, 4) is 0 Å². The summed E-state index contributed by atoms with van der Waals surface area (Å²) in [6.07, 6.45) is 0.724. The van der Waals surface area contributed by atoms with Gasteiger partial charge in [-0.1, -0.05) is 33.8 Å². The van der Waals surface area contributed by atoms with Crippen molar-refractivity contribution >= 4 is 10.0 Å². The van der Waals surface area contributed by atoms with Gasteiger partial charge in [0.15, 0.2) is 0 Å². The third kappa shape index (κ3) is 4.76. The molecule has 0 aliphatic rings. The number of hydrogen-bond acceptors (Lipinski definition) is 3. The van der Waals surface area contributed by atoms with E-state index in [2.05, 4.69) is 5.32 Å². The topological polar surface area (TPSA) is 49.4 Å². The summed E-state index contributed by atoms with van der Waals surface area (Å²) in [5.74, 6) is -0.533. The van der Waals surface area contributed by atoms with Crippen LogP contribution in [0.1, 0.15) is 39.7 Å². The molecule has 1 rings (SSSR count). The van der Waals surface area contributed by atoms with Crippen LogP contribution in [0.4, 0.5) is 4.39 Å². The van der Waals surface area contributed by atoms with Crippen LogP contribution in [0.15, 0.2) is 23.1 Å². The van der Waals surface area contributed by atoms with Gasteiger partial charge in [0, 0.05) is 25.7 Å². The first kappa shape index (κ1) is 18.1. The maximum absolute atomic E-state index is 13.5. The molecule has 0 saturated carbocycles. The van der Waals surface area contributed by atoms with Crippen molar-refractivity contribution in [3.05, 3.63) is 29.6 Å². The van der Waals surface area contributed by atoms with Crippen LogP contribution in [-0.4, -0.2) is 31.9 Å². The minimum atomic E-state index is -3.66. The summed E-state index contributed by atoms with van der Waals surface area (Å²) >= 11 is 0. The third-order valence-electron chi connectivity index (χ3n) is 3.17. The molecule has 0 bridgehead atoms. The number of hydrogen-bond donors (Lipinski definition) is 1. The first-order valence-electron chi connectivity index (χ1n) is 7.34. The first-order chi connectivity index (χ1) is 9.82. The van der Waals surface area contributed by atoms with Gasteiger partial charge in [0.05, 0.1) is 4.90 Å². The smallest absolute Gasteiger partial charge is 0.243 e. The fourth-order valence-corrected chi connectivity index (χ4v) is 3.84. The van der Waals surface area contributed by atoms with Gasteiger partial charge in [-0.3, -0.25) is 0 Å². The molecule has 0 atom stereocenters. The first-order valence-corrected chi connectivity index (χ1v) is 8.78. The molecule has 0 spiro atoms. The summed E-state index contributed by atoms with van der Waals surface area (Å²) < 4.78 is 40.3. The number of benzene rings is 1. The van der Waals surface area contributed by atoms with E-state index in [1.807, 2.05) is 20.8 Å². The van der Waals surface area contributed by atoms with E-state index < -0.39 is 15.8 Å². The Morgan fingerprint density at radius 3 is 2.48 bits per heavy atom. The Morgan fingerprint density at radius 1 is 1.29 bits per heavy atom. The fourth-order valence-electron chi connectivity index (χ4n) is 2.07. The predicted molar refractivity (Wildman–Crippen MR) is 83.1 cm³/mol. The number of nitrogens with one attached hydrogen (secondary N) is 1. The third-order valence-corrected chi connectivity index (χ3v) is 5.23. The maximum atomic E-state index is 13.5. The SMILES string of the molecule is CCCN(CC)S(=O)(=O)c1cc(F)ccc1CNC(C)C. The van der Waals surface area contributed by atoms with E-state index in [0.29, 0.717) is 25.2 Å². The molecular weight excluding hydrogens is 291 g/mol. The largest absolute Gasteiger partial charge is 0.310 e. The molecule has 0 fully saturated rings. The molecule has 120 valence electrons. The van der Waals surface area contributed by atoms with Gasteiger partial charge in [-0.25, -0.2) is 12.8 Å².